The number of carbonyl (C=O) groups excluding carboxylic acids is 1. The third kappa shape index (κ3) is 53.4. The first-order chi connectivity index (χ1) is 35.0. The van der Waals surface area contributed by atoms with Gasteiger partial charge in [0.2, 0.25) is 5.91 Å². The van der Waals surface area contributed by atoms with Crippen molar-refractivity contribution >= 4 is 5.91 Å². The van der Waals surface area contributed by atoms with Crippen LogP contribution in [0.5, 0.6) is 0 Å². The quantitative estimate of drug-likeness (QED) is 0.0308. The molecule has 6 heteroatoms. The zero-order valence-corrected chi connectivity index (χ0v) is 48.0. The van der Waals surface area contributed by atoms with E-state index in [1.807, 2.05) is 0 Å². The summed E-state index contributed by atoms with van der Waals surface area (Å²) in [6.45, 7) is 4.09. The van der Waals surface area contributed by atoms with E-state index in [-0.39, 0.29) is 0 Å². The monoisotopic (exact) mass is 1000 g/mol. The van der Waals surface area contributed by atoms with Crippen LogP contribution in [0.25, 0.3) is 0 Å². The second-order valence-electron chi connectivity index (χ2n) is 22.5. The first-order valence-corrected chi connectivity index (χ1v) is 32.2. The van der Waals surface area contributed by atoms with Gasteiger partial charge < -0.3 is 25.7 Å². The van der Waals surface area contributed by atoms with Gasteiger partial charge in [-0.25, -0.2) is 0 Å². The highest BCUT2D eigenvalue weighted by Gasteiger charge is 2.28. The van der Waals surface area contributed by atoms with Crippen LogP contribution >= 0.6 is 0 Å². The maximum Gasteiger partial charge on any atom is 0.249 e. The molecule has 0 aliphatic rings. The zero-order valence-electron chi connectivity index (χ0n) is 48.0. The van der Waals surface area contributed by atoms with E-state index < -0.39 is 36.9 Å². The van der Waals surface area contributed by atoms with E-state index in [2.05, 4.69) is 43.5 Å². The Morgan fingerprint density at radius 2 is 0.577 bits per heavy atom. The van der Waals surface area contributed by atoms with Gasteiger partial charge in [0.1, 0.15) is 12.2 Å². The smallest absolute Gasteiger partial charge is 0.249 e. The van der Waals surface area contributed by atoms with Crippen molar-refractivity contribution in [1.82, 2.24) is 5.32 Å². The van der Waals surface area contributed by atoms with Gasteiger partial charge in [0.05, 0.1) is 18.8 Å². The van der Waals surface area contributed by atoms with Crippen LogP contribution in [-0.4, -0.2) is 57.3 Å². The molecule has 422 valence electrons. The summed E-state index contributed by atoms with van der Waals surface area (Å²) < 4.78 is 0. The number of aliphatic hydroxyl groups is 4. The Bertz CT molecular complexity index is 1080. The fourth-order valence-corrected chi connectivity index (χ4v) is 10.3. The van der Waals surface area contributed by atoms with Crippen molar-refractivity contribution in [2.75, 3.05) is 6.61 Å². The molecule has 0 rings (SSSR count). The number of nitrogens with one attached hydrogen (secondary N) is 1. The largest absolute Gasteiger partial charge is 0.394 e. The molecular formula is C65H127NO5. The molecule has 0 aromatic rings. The van der Waals surface area contributed by atoms with Crippen molar-refractivity contribution in [3.05, 3.63) is 24.3 Å². The second kappa shape index (κ2) is 59.7. The molecule has 5 N–H and O–H groups in total. The Morgan fingerprint density at radius 1 is 0.338 bits per heavy atom. The number of amides is 1. The van der Waals surface area contributed by atoms with E-state index in [9.17, 15) is 25.2 Å². The highest BCUT2D eigenvalue weighted by atomic mass is 16.3. The Labute approximate surface area is 444 Å². The molecule has 4 unspecified atom stereocenters. The number of unbranched alkanes of at least 4 members (excludes halogenated alkanes) is 47. The van der Waals surface area contributed by atoms with Crippen molar-refractivity contribution < 1.29 is 25.2 Å². The lowest BCUT2D eigenvalue weighted by atomic mass is 10.00. The summed E-state index contributed by atoms with van der Waals surface area (Å²) in [6.07, 6.45) is 74.3. The lowest BCUT2D eigenvalue weighted by molar-refractivity contribution is -0.132. The highest BCUT2D eigenvalue weighted by molar-refractivity contribution is 5.80. The van der Waals surface area contributed by atoms with Gasteiger partial charge in [-0.15, -0.1) is 0 Å². The Kier molecular flexibility index (Phi) is 58.6. The molecule has 6 nitrogen and oxygen atoms in total. The van der Waals surface area contributed by atoms with E-state index in [1.54, 1.807) is 0 Å². The lowest BCUT2D eigenvalue weighted by Crippen LogP contribution is -2.53. The molecule has 0 aromatic heterocycles. The maximum absolute atomic E-state index is 12.6. The molecule has 4 atom stereocenters. The van der Waals surface area contributed by atoms with Gasteiger partial charge in [-0.3, -0.25) is 4.79 Å². The molecule has 0 aromatic carbocycles. The first-order valence-electron chi connectivity index (χ1n) is 32.2. The van der Waals surface area contributed by atoms with Crippen LogP contribution in [0.1, 0.15) is 354 Å². The Balaban J connectivity index is 3.56. The standard InChI is InChI=1S/C65H127NO5/c1-3-5-7-9-11-13-15-17-19-21-23-25-26-27-28-29-30-31-32-33-34-35-36-37-39-41-43-45-47-49-51-53-55-57-59-63(69)65(71)66-61(60-67)64(70)62(68)58-56-54-52-50-48-46-44-42-40-38-24-22-20-18-16-14-12-10-8-6-4-2/h29-30,50,52,61-64,67-70H,3-28,31-49,51,53-60H2,1-2H3,(H,66,71)/b30-29-,52-50+. The Morgan fingerprint density at radius 3 is 0.845 bits per heavy atom. The van der Waals surface area contributed by atoms with Crippen LogP contribution in [0.15, 0.2) is 24.3 Å². The molecular weight excluding hydrogens is 875 g/mol. The molecule has 0 saturated carbocycles. The molecule has 0 aliphatic carbocycles. The van der Waals surface area contributed by atoms with Gasteiger partial charge in [-0.1, -0.05) is 314 Å². The predicted octanol–water partition coefficient (Wildman–Crippen LogP) is 19.4. The van der Waals surface area contributed by atoms with Crippen LogP contribution in [0.4, 0.5) is 0 Å². The predicted molar refractivity (Wildman–Crippen MR) is 311 cm³/mol. The van der Waals surface area contributed by atoms with Gasteiger partial charge >= 0.3 is 0 Å². The average Bonchev–Trinajstić information content (AvgIpc) is 3.38. The number of aliphatic hydroxyl groups excluding tert-OH is 4. The summed E-state index contributed by atoms with van der Waals surface area (Å²) in [5.41, 5.74) is 0. The minimum Gasteiger partial charge on any atom is -0.394 e. The molecule has 0 fully saturated rings. The minimum atomic E-state index is -1.28. The van der Waals surface area contributed by atoms with E-state index in [0.29, 0.717) is 12.8 Å². The first kappa shape index (κ1) is 69.8. The molecule has 0 aliphatic heterocycles. The number of hydrogen-bond donors (Lipinski definition) is 5. The molecule has 0 heterocycles. The lowest BCUT2D eigenvalue weighted by Gasteiger charge is -2.27. The number of rotatable bonds is 60. The average molecular weight is 1000 g/mol. The van der Waals surface area contributed by atoms with Crippen LogP contribution in [-0.2, 0) is 4.79 Å². The number of carbonyl (C=O) groups is 1. The molecule has 0 saturated heterocycles. The molecule has 0 bridgehead atoms. The summed E-state index contributed by atoms with van der Waals surface area (Å²) >= 11 is 0. The second-order valence-corrected chi connectivity index (χ2v) is 22.5. The molecule has 1 amide bonds. The van der Waals surface area contributed by atoms with Crippen LogP contribution in [0.3, 0.4) is 0 Å². The van der Waals surface area contributed by atoms with Crippen molar-refractivity contribution in [3.8, 4) is 0 Å². The van der Waals surface area contributed by atoms with Crippen LogP contribution < -0.4 is 5.32 Å². The SMILES string of the molecule is CCCCCCCCCCCCCCCC/C=C\CCCCCCCCCCCCCCCCCCC(O)C(=O)NC(CO)C(O)C(O)CCC/C=C/CCCCCCCCCCCCCCCCCC. The van der Waals surface area contributed by atoms with Crippen molar-refractivity contribution in [2.24, 2.45) is 0 Å². The molecule has 0 spiro atoms. The van der Waals surface area contributed by atoms with Crippen LogP contribution in [0.2, 0.25) is 0 Å². The number of hydrogen-bond acceptors (Lipinski definition) is 5. The van der Waals surface area contributed by atoms with E-state index >= 15 is 0 Å². The van der Waals surface area contributed by atoms with Crippen molar-refractivity contribution in [2.45, 2.75) is 379 Å². The van der Waals surface area contributed by atoms with E-state index in [4.69, 9.17) is 0 Å². The van der Waals surface area contributed by atoms with Gasteiger partial charge in [0.15, 0.2) is 0 Å². The zero-order chi connectivity index (χ0) is 51.6. The normalized spacial score (nSPS) is 13.7. The highest BCUT2D eigenvalue weighted by Crippen LogP contribution is 2.19. The van der Waals surface area contributed by atoms with E-state index in [1.165, 1.54) is 289 Å². The van der Waals surface area contributed by atoms with Crippen LogP contribution in [0, 0.1) is 0 Å². The summed E-state index contributed by atoms with van der Waals surface area (Å²) in [4.78, 5) is 12.6. The van der Waals surface area contributed by atoms with Gasteiger partial charge in [0, 0.05) is 0 Å². The maximum atomic E-state index is 12.6. The number of allylic oxidation sites excluding steroid dienone is 4. The van der Waals surface area contributed by atoms with Gasteiger partial charge in [-0.05, 0) is 64.2 Å². The van der Waals surface area contributed by atoms with E-state index in [0.717, 1.165) is 38.5 Å². The van der Waals surface area contributed by atoms with Crippen molar-refractivity contribution in [1.29, 1.82) is 0 Å². The van der Waals surface area contributed by atoms with Gasteiger partial charge in [-0.2, -0.15) is 0 Å². The third-order valence-electron chi connectivity index (χ3n) is 15.4. The Hall–Kier alpha value is -1.21. The van der Waals surface area contributed by atoms with Gasteiger partial charge in [0.25, 0.3) is 0 Å². The summed E-state index contributed by atoms with van der Waals surface area (Å²) in [7, 11) is 0. The summed E-state index contributed by atoms with van der Waals surface area (Å²) in [6, 6.07) is -1.00. The van der Waals surface area contributed by atoms with Crippen molar-refractivity contribution in [3.63, 3.8) is 0 Å². The molecule has 0 radical (unpaired) electrons. The topological polar surface area (TPSA) is 110 Å². The minimum absolute atomic E-state index is 0.366. The summed E-state index contributed by atoms with van der Waals surface area (Å²) in [5.74, 6) is -0.587. The molecule has 71 heavy (non-hydrogen) atoms. The fourth-order valence-electron chi connectivity index (χ4n) is 10.3. The summed E-state index contributed by atoms with van der Waals surface area (Å²) in [5, 5.41) is 44.1. The fraction of sp³-hybridized carbons (Fsp3) is 0.923. The third-order valence-corrected chi connectivity index (χ3v) is 15.4.